The van der Waals surface area contributed by atoms with E-state index in [1.165, 1.54) is 0 Å². The summed E-state index contributed by atoms with van der Waals surface area (Å²) in [4.78, 5) is 10.9. The van der Waals surface area contributed by atoms with Crippen molar-refractivity contribution in [3.05, 3.63) is 0 Å². The third-order valence-corrected chi connectivity index (χ3v) is 2.16. The lowest BCUT2D eigenvalue weighted by Crippen LogP contribution is -2.25. The third kappa shape index (κ3) is 1.93. The molecule has 0 amide bonds. The first kappa shape index (κ1) is 8.53. The fourth-order valence-corrected chi connectivity index (χ4v) is 1.33. The van der Waals surface area contributed by atoms with Crippen LogP contribution in [0.2, 0.25) is 0 Å². The average molecular weight is 158 g/mol. The normalized spacial score (nSPS) is 39.5. The molecular formula is C8H14O3. The Morgan fingerprint density at radius 3 is 2.73 bits per heavy atom. The molecule has 0 unspecified atom stereocenters. The fraction of sp³-hybridized carbons (Fsp3) is 0.875. The first-order chi connectivity index (χ1) is 5.11. The lowest BCUT2D eigenvalue weighted by molar-refractivity contribution is -0.143. The van der Waals surface area contributed by atoms with E-state index in [-0.39, 0.29) is 17.8 Å². The van der Waals surface area contributed by atoms with Crippen molar-refractivity contribution in [2.75, 3.05) is 6.61 Å². The average Bonchev–Trinajstić information content (AvgIpc) is 2.05. The molecule has 1 heterocycles. The summed E-state index contributed by atoms with van der Waals surface area (Å²) in [6.45, 7) is 4.11. The molecular weight excluding hydrogens is 144 g/mol. The molecule has 11 heavy (non-hydrogen) atoms. The van der Waals surface area contributed by atoms with Gasteiger partial charge in [0.1, 0.15) is 0 Å². The number of hydrogen-bond donors (Lipinski definition) is 1. The van der Waals surface area contributed by atoms with E-state index in [9.17, 15) is 9.90 Å². The quantitative estimate of drug-likeness (QED) is 0.524. The Bertz CT molecular complexity index is 155. The highest BCUT2D eigenvalue weighted by atomic mass is 16.5. The number of rotatable bonds is 0. The van der Waals surface area contributed by atoms with Crippen LogP contribution in [0.4, 0.5) is 0 Å². The maximum atomic E-state index is 10.9. The minimum atomic E-state index is -0.401. The van der Waals surface area contributed by atoms with Gasteiger partial charge in [-0.25, -0.2) is 0 Å². The summed E-state index contributed by atoms with van der Waals surface area (Å²) in [7, 11) is 0. The molecule has 1 saturated heterocycles. The van der Waals surface area contributed by atoms with Crippen molar-refractivity contribution >= 4 is 5.97 Å². The zero-order valence-electron chi connectivity index (χ0n) is 6.91. The Labute approximate surface area is 66.4 Å². The van der Waals surface area contributed by atoms with E-state index in [2.05, 4.69) is 0 Å². The third-order valence-electron chi connectivity index (χ3n) is 2.16. The molecule has 3 nitrogen and oxygen atoms in total. The van der Waals surface area contributed by atoms with Crippen molar-refractivity contribution in [3.8, 4) is 0 Å². The van der Waals surface area contributed by atoms with Gasteiger partial charge in [0.15, 0.2) is 0 Å². The first-order valence-corrected chi connectivity index (χ1v) is 3.95. The second kappa shape index (κ2) is 3.22. The zero-order chi connectivity index (χ0) is 8.43. The van der Waals surface area contributed by atoms with Crippen LogP contribution in [-0.2, 0) is 9.53 Å². The molecule has 0 aliphatic carbocycles. The van der Waals surface area contributed by atoms with Crippen LogP contribution < -0.4 is 0 Å². The second-order valence-electron chi connectivity index (χ2n) is 3.33. The number of aliphatic hydroxyl groups excluding tert-OH is 1. The molecule has 0 aromatic heterocycles. The molecule has 64 valence electrons. The molecule has 0 saturated carbocycles. The molecule has 0 bridgehead atoms. The van der Waals surface area contributed by atoms with Crippen LogP contribution >= 0.6 is 0 Å². The van der Waals surface area contributed by atoms with Gasteiger partial charge in [-0.3, -0.25) is 4.79 Å². The van der Waals surface area contributed by atoms with Crippen LogP contribution in [0.3, 0.4) is 0 Å². The van der Waals surface area contributed by atoms with E-state index in [1.807, 2.05) is 13.8 Å². The maximum Gasteiger partial charge on any atom is 0.306 e. The summed E-state index contributed by atoms with van der Waals surface area (Å²) in [5, 5.41) is 9.51. The predicted octanol–water partition coefficient (Wildman–Crippen LogP) is 0.566. The Hall–Kier alpha value is -0.570. The SMILES string of the molecule is C[C@@H]1COC(=O)C[C@H](C)[C@H]1O. The summed E-state index contributed by atoms with van der Waals surface area (Å²) in [6, 6.07) is 0. The van der Waals surface area contributed by atoms with Gasteiger partial charge < -0.3 is 9.84 Å². The van der Waals surface area contributed by atoms with Gasteiger partial charge in [0.25, 0.3) is 0 Å². The van der Waals surface area contributed by atoms with Crippen molar-refractivity contribution in [1.29, 1.82) is 0 Å². The summed E-state index contributed by atoms with van der Waals surface area (Å²) >= 11 is 0. The number of aliphatic hydroxyl groups is 1. The molecule has 1 rings (SSSR count). The highest BCUT2D eigenvalue weighted by molar-refractivity contribution is 5.70. The van der Waals surface area contributed by atoms with Gasteiger partial charge in [0.05, 0.1) is 19.1 Å². The first-order valence-electron chi connectivity index (χ1n) is 3.95. The number of esters is 1. The van der Waals surface area contributed by atoms with Crippen LogP contribution in [-0.4, -0.2) is 23.8 Å². The Morgan fingerprint density at radius 2 is 2.09 bits per heavy atom. The summed E-state index contributed by atoms with van der Waals surface area (Å²) in [5.74, 6) is -0.0997. The second-order valence-corrected chi connectivity index (χ2v) is 3.33. The minimum absolute atomic E-state index is 0.0278. The Morgan fingerprint density at radius 1 is 1.45 bits per heavy atom. The number of carbonyl (C=O) groups is 1. The highest BCUT2D eigenvalue weighted by Gasteiger charge is 2.28. The molecule has 1 N–H and O–H groups in total. The van der Waals surface area contributed by atoms with Crippen molar-refractivity contribution in [2.24, 2.45) is 11.8 Å². The summed E-state index contributed by atoms with van der Waals surface area (Å²) < 4.78 is 4.86. The van der Waals surface area contributed by atoms with E-state index < -0.39 is 6.10 Å². The van der Waals surface area contributed by atoms with E-state index in [0.29, 0.717) is 13.0 Å². The minimum Gasteiger partial charge on any atom is -0.465 e. The Balaban J connectivity index is 2.61. The zero-order valence-corrected chi connectivity index (χ0v) is 6.91. The molecule has 3 heteroatoms. The van der Waals surface area contributed by atoms with Gasteiger partial charge in [0.2, 0.25) is 0 Å². The van der Waals surface area contributed by atoms with Gasteiger partial charge in [-0.2, -0.15) is 0 Å². The molecule has 1 fully saturated rings. The van der Waals surface area contributed by atoms with Crippen molar-refractivity contribution in [3.63, 3.8) is 0 Å². The van der Waals surface area contributed by atoms with E-state index >= 15 is 0 Å². The van der Waals surface area contributed by atoms with Crippen LogP contribution in [0.25, 0.3) is 0 Å². The molecule has 0 spiro atoms. The van der Waals surface area contributed by atoms with Crippen LogP contribution in [0, 0.1) is 11.8 Å². The van der Waals surface area contributed by atoms with Crippen LogP contribution in [0.1, 0.15) is 20.3 Å². The number of hydrogen-bond acceptors (Lipinski definition) is 3. The van der Waals surface area contributed by atoms with Gasteiger partial charge in [-0.05, 0) is 5.92 Å². The monoisotopic (exact) mass is 158 g/mol. The smallest absolute Gasteiger partial charge is 0.306 e. The summed E-state index contributed by atoms with van der Waals surface area (Å²) in [6.07, 6.45) is -0.0626. The largest absolute Gasteiger partial charge is 0.465 e. The summed E-state index contributed by atoms with van der Waals surface area (Å²) in [5.41, 5.74) is 0. The molecule has 0 aromatic rings. The molecule has 0 radical (unpaired) electrons. The van der Waals surface area contributed by atoms with Crippen molar-refractivity contribution in [2.45, 2.75) is 26.4 Å². The van der Waals surface area contributed by atoms with Gasteiger partial charge in [0, 0.05) is 5.92 Å². The van der Waals surface area contributed by atoms with Gasteiger partial charge in [-0.15, -0.1) is 0 Å². The molecule has 1 aliphatic heterocycles. The lowest BCUT2D eigenvalue weighted by atomic mass is 9.93. The Kier molecular flexibility index (Phi) is 2.49. The van der Waals surface area contributed by atoms with Crippen LogP contribution in [0.15, 0.2) is 0 Å². The maximum absolute atomic E-state index is 10.9. The van der Waals surface area contributed by atoms with E-state index in [0.717, 1.165) is 0 Å². The lowest BCUT2D eigenvalue weighted by Gasteiger charge is -2.18. The predicted molar refractivity (Wildman–Crippen MR) is 39.9 cm³/mol. The highest BCUT2D eigenvalue weighted by Crippen LogP contribution is 2.20. The number of ether oxygens (including phenoxy) is 1. The number of carbonyl (C=O) groups excluding carboxylic acids is 1. The molecule has 3 atom stereocenters. The van der Waals surface area contributed by atoms with E-state index in [1.54, 1.807) is 0 Å². The fourth-order valence-electron chi connectivity index (χ4n) is 1.33. The van der Waals surface area contributed by atoms with E-state index in [4.69, 9.17) is 4.74 Å². The van der Waals surface area contributed by atoms with Crippen LogP contribution in [0.5, 0.6) is 0 Å². The standard InChI is InChI=1S/C8H14O3/c1-5-3-7(9)11-4-6(2)8(5)10/h5-6,8,10H,3-4H2,1-2H3/t5-,6+,8+/m0/s1. The topological polar surface area (TPSA) is 46.5 Å². The van der Waals surface area contributed by atoms with Gasteiger partial charge >= 0.3 is 5.97 Å². The number of cyclic esters (lactones) is 1. The molecule has 1 aliphatic rings. The van der Waals surface area contributed by atoms with Crippen molar-refractivity contribution < 1.29 is 14.6 Å². The van der Waals surface area contributed by atoms with Crippen molar-refractivity contribution in [1.82, 2.24) is 0 Å². The van der Waals surface area contributed by atoms with Gasteiger partial charge in [-0.1, -0.05) is 13.8 Å². The molecule has 0 aromatic carbocycles.